The maximum Gasteiger partial charge on any atom is 0.181 e. The maximum absolute atomic E-state index is 12.1. The number of allylic oxidation sites excluding steroid dienone is 3. The molecule has 19 heavy (non-hydrogen) atoms. The number of benzene rings is 1. The monoisotopic (exact) mass is 278 g/mol. The molecular weight excluding hydrogens is 256 g/mol. The summed E-state index contributed by atoms with van der Waals surface area (Å²) in [5.74, 6) is 0.0810. The molecule has 0 atom stereocenters. The van der Waals surface area contributed by atoms with E-state index in [0.717, 1.165) is 18.4 Å². The largest absolute Gasteiger partial charge is 0.223 e. The normalized spacial score (nSPS) is 12.3. The van der Waals surface area contributed by atoms with Crippen LogP contribution in [-0.2, 0) is 9.84 Å². The number of sulfone groups is 1. The fraction of sp³-hybridized carbons (Fsp3) is 0.375. The fourth-order valence-electron chi connectivity index (χ4n) is 1.67. The van der Waals surface area contributed by atoms with E-state index in [2.05, 4.69) is 19.9 Å². The summed E-state index contributed by atoms with van der Waals surface area (Å²) in [6, 6.07) is 8.60. The van der Waals surface area contributed by atoms with Crippen molar-refractivity contribution < 1.29 is 8.42 Å². The Hall–Kier alpha value is -1.35. The van der Waals surface area contributed by atoms with Gasteiger partial charge in [0.15, 0.2) is 9.84 Å². The first-order valence-corrected chi connectivity index (χ1v) is 8.14. The van der Waals surface area contributed by atoms with Crippen molar-refractivity contribution in [1.29, 1.82) is 0 Å². The van der Waals surface area contributed by atoms with Gasteiger partial charge in [0.2, 0.25) is 0 Å². The van der Waals surface area contributed by atoms with Crippen LogP contribution in [0.3, 0.4) is 0 Å². The Labute approximate surface area is 116 Å². The molecule has 0 aromatic heterocycles. The molecule has 0 bridgehead atoms. The predicted molar refractivity (Wildman–Crippen MR) is 80.9 cm³/mol. The average Bonchev–Trinajstić information content (AvgIpc) is 2.37. The number of hydrogen-bond donors (Lipinski definition) is 0. The first kappa shape index (κ1) is 15.7. The molecule has 0 unspecified atom stereocenters. The molecule has 1 rings (SSSR count). The molecule has 0 saturated carbocycles. The van der Waals surface area contributed by atoms with Crippen molar-refractivity contribution in [3.63, 3.8) is 0 Å². The van der Waals surface area contributed by atoms with Gasteiger partial charge in [0.1, 0.15) is 0 Å². The van der Waals surface area contributed by atoms with Crippen molar-refractivity contribution >= 4 is 9.84 Å². The zero-order valence-corrected chi connectivity index (χ0v) is 12.7. The Morgan fingerprint density at radius 2 is 1.68 bits per heavy atom. The fourth-order valence-corrected chi connectivity index (χ4v) is 2.93. The minimum absolute atomic E-state index is 0.0810. The minimum atomic E-state index is -3.19. The molecule has 2 nitrogen and oxygen atoms in total. The molecule has 0 saturated heterocycles. The first-order valence-electron chi connectivity index (χ1n) is 6.48. The molecule has 0 aliphatic carbocycles. The van der Waals surface area contributed by atoms with Crippen LogP contribution in [0, 0.1) is 0 Å². The summed E-state index contributed by atoms with van der Waals surface area (Å²) < 4.78 is 24.1. The summed E-state index contributed by atoms with van der Waals surface area (Å²) in [6.45, 7) is 6.12. The zero-order chi connectivity index (χ0) is 14.3. The summed E-state index contributed by atoms with van der Waals surface area (Å²) in [4.78, 5) is 0.392. The van der Waals surface area contributed by atoms with Gasteiger partial charge in [0, 0.05) is 0 Å². The topological polar surface area (TPSA) is 34.1 Å². The van der Waals surface area contributed by atoms with Crippen molar-refractivity contribution in [2.45, 2.75) is 38.5 Å². The average molecular weight is 278 g/mol. The van der Waals surface area contributed by atoms with Crippen molar-refractivity contribution in [3.05, 3.63) is 53.6 Å². The molecule has 3 heteroatoms. The van der Waals surface area contributed by atoms with Crippen LogP contribution in [0.2, 0.25) is 0 Å². The molecule has 0 radical (unpaired) electrons. The number of rotatable bonds is 6. The zero-order valence-electron chi connectivity index (χ0n) is 11.9. The first-order chi connectivity index (χ1) is 8.92. The molecule has 0 aliphatic rings. The maximum atomic E-state index is 12.1. The molecule has 0 heterocycles. The molecule has 0 fully saturated rings. The lowest BCUT2D eigenvalue weighted by Crippen LogP contribution is -2.04. The van der Waals surface area contributed by atoms with E-state index < -0.39 is 9.84 Å². The molecular formula is C16H22O2S. The van der Waals surface area contributed by atoms with E-state index in [-0.39, 0.29) is 5.75 Å². The summed E-state index contributed by atoms with van der Waals surface area (Å²) in [5, 5.41) is 0. The highest BCUT2D eigenvalue weighted by Gasteiger charge is 2.11. The van der Waals surface area contributed by atoms with Gasteiger partial charge in [0.25, 0.3) is 0 Å². The molecule has 0 N–H and O–H groups in total. The SMILES string of the molecule is CC(C)=CCC/C(C)=C/CS(=O)(=O)c1ccccc1. The molecule has 104 valence electrons. The summed E-state index contributed by atoms with van der Waals surface area (Å²) in [5.41, 5.74) is 2.42. The van der Waals surface area contributed by atoms with Gasteiger partial charge in [-0.25, -0.2) is 8.42 Å². The Balaban J connectivity index is 2.62. The standard InChI is InChI=1S/C16H22O2S/c1-14(2)8-7-9-15(3)12-13-19(17,18)16-10-5-4-6-11-16/h4-6,8,10-12H,7,9,13H2,1-3H3/b15-12+. The van der Waals surface area contributed by atoms with Crippen LogP contribution in [0.15, 0.2) is 58.5 Å². The van der Waals surface area contributed by atoms with Gasteiger partial charge >= 0.3 is 0 Å². The van der Waals surface area contributed by atoms with E-state index in [0.29, 0.717) is 4.90 Å². The second-order valence-electron chi connectivity index (χ2n) is 4.97. The van der Waals surface area contributed by atoms with Crippen LogP contribution >= 0.6 is 0 Å². The van der Waals surface area contributed by atoms with E-state index in [9.17, 15) is 8.42 Å². The van der Waals surface area contributed by atoms with Crippen molar-refractivity contribution in [3.8, 4) is 0 Å². The molecule has 1 aromatic carbocycles. The summed E-state index contributed by atoms with van der Waals surface area (Å²) >= 11 is 0. The van der Waals surface area contributed by atoms with Gasteiger partial charge in [-0.05, 0) is 45.7 Å². The molecule has 0 spiro atoms. The van der Waals surface area contributed by atoms with Gasteiger partial charge in [-0.1, -0.05) is 41.5 Å². The summed E-state index contributed by atoms with van der Waals surface area (Å²) in [6.07, 6.45) is 5.87. The van der Waals surface area contributed by atoms with Crippen LogP contribution < -0.4 is 0 Å². The molecule has 0 amide bonds. The molecule has 0 aliphatic heterocycles. The van der Waals surface area contributed by atoms with Crippen LogP contribution in [0.4, 0.5) is 0 Å². The predicted octanol–water partition coefficient (Wildman–Crippen LogP) is 4.15. The van der Waals surface area contributed by atoms with E-state index >= 15 is 0 Å². The van der Waals surface area contributed by atoms with E-state index in [1.54, 1.807) is 24.3 Å². The van der Waals surface area contributed by atoms with Gasteiger partial charge in [-0.2, -0.15) is 0 Å². The lowest BCUT2D eigenvalue weighted by atomic mass is 10.1. The highest BCUT2D eigenvalue weighted by molar-refractivity contribution is 7.91. The third kappa shape index (κ3) is 5.88. The van der Waals surface area contributed by atoms with Crippen molar-refractivity contribution in [2.24, 2.45) is 0 Å². The molecule has 1 aromatic rings. The van der Waals surface area contributed by atoms with Crippen molar-refractivity contribution in [1.82, 2.24) is 0 Å². The van der Waals surface area contributed by atoms with Gasteiger partial charge in [-0.3, -0.25) is 0 Å². The Kier molecular flexibility index (Phi) is 6.03. The minimum Gasteiger partial charge on any atom is -0.223 e. The Morgan fingerprint density at radius 3 is 2.26 bits per heavy atom. The summed E-state index contributed by atoms with van der Waals surface area (Å²) in [7, 11) is -3.19. The quantitative estimate of drug-likeness (QED) is 0.732. The smallest absolute Gasteiger partial charge is 0.181 e. The van der Waals surface area contributed by atoms with Gasteiger partial charge < -0.3 is 0 Å². The Bertz CT molecular complexity index is 548. The highest BCUT2D eigenvalue weighted by atomic mass is 32.2. The Morgan fingerprint density at radius 1 is 1.05 bits per heavy atom. The van der Waals surface area contributed by atoms with Gasteiger partial charge in [0.05, 0.1) is 10.6 Å². The van der Waals surface area contributed by atoms with E-state index in [1.165, 1.54) is 5.57 Å². The van der Waals surface area contributed by atoms with Crippen LogP contribution in [-0.4, -0.2) is 14.2 Å². The highest BCUT2D eigenvalue weighted by Crippen LogP contribution is 2.12. The van der Waals surface area contributed by atoms with Crippen LogP contribution in [0.1, 0.15) is 33.6 Å². The third-order valence-electron chi connectivity index (χ3n) is 2.84. The van der Waals surface area contributed by atoms with Crippen LogP contribution in [0.5, 0.6) is 0 Å². The van der Waals surface area contributed by atoms with Gasteiger partial charge in [-0.15, -0.1) is 0 Å². The number of hydrogen-bond acceptors (Lipinski definition) is 2. The lowest BCUT2D eigenvalue weighted by molar-refractivity contribution is 0.599. The van der Waals surface area contributed by atoms with Crippen LogP contribution in [0.25, 0.3) is 0 Å². The second kappa shape index (κ2) is 7.29. The second-order valence-corrected chi connectivity index (χ2v) is 7.00. The lowest BCUT2D eigenvalue weighted by Gasteiger charge is -2.03. The van der Waals surface area contributed by atoms with E-state index in [1.807, 2.05) is 19.1 Å². The van der Waals surface area contributed by atoms with Crippen molar-refractivity contribution in [2.75, 3.05) is 5.75 Å². The van der Waals surface area contributed by atoms with E-state index in [4.69, 9.17) is 0 Å². The third-order valence-corrected chi connectivity index (χ3v) is 4.44.